The Morgan fingerprint density at radius 3 is 1.13 bits per heavy atom. The molecule has 70 heavy (non-hydrogen) atoms. The molecule has 0 aliphatic carbocycles. The number of aliphatic hydroxyl groups is 2. The number of nitrogens with one attached hydrogen (secondary N) is 1. The van der Waals surface area contributed by atoms with Gasteiger partial charge in [-0.2, -0.15) is 0 Å². The number of esters is 1. The summed E-state index contributed by atoms with van der Waals surface area (Å²) in [4.78, 5) is 26.3. The van der Waals surface area contributed by atoms with Crippen molar-refractivity contribution in [3.8, 4) is 0 Å². The number of unbranched alkanes of at least 4 members (excludes halogenated alkanes) is 30. The molecule has 0 saturated carbocycles. The van der Waals surface area contributed by atoms with Gasteiger partial charge >= 0.3 is 5.97 Å². The lowest BCUT2D eigenvalue weighted by Crippen LogP contribution is -2.46. The zero-order valence-electron chi connectivity index (χ0n) is 46.4. The summed E-state index contributed by atoms with van der Waals surface area (Å²) in [5, 5.41) is 23.9. The Balaban J connectivity index is 4.64. The molecule has 0 heterocycles. The molecule has 0 saturated heterocycles. The van der Waals surface area contributed by atoms with E-state index in [2.05, 4.69) is 99.0 Å². The Kier molecular flexibility index (Phi) is 55.0. The zero-order valence-corrected chi connectivity index (χ0v) is 46.4. The van der Waals surface area contributed by atoms with E-state index in [1.807, 2.05) is 0 Å². The van der Waals surface area contributed by atoms with Crippen LogP contribution in [-0.4, -0.2) is 46.9 Å². The summed E-state index contributed by atoms with van der Waals surface area (Å²) in [7, 11) is 0. The first-order valence-electron chi connectivity index (χ1n) is 30.2. The first-order valence-corrected chi connectivity index (χ1v) is 30.2. The Morgan fingerprint density at radius 2 is 0.729 bits per heavy atom. The van der Waals surface area contributed by atoms with Crippen LogP contribution in [0.1, 0.15) is 297 Å². The van der Waals surface area contributed by atoms with Crippen LogP contribution in [0.25, 0.3) is 0 Å². The van der Waals surface area contributed by atoms with E-state index in [1.54, 1.807) is 0 Å². The van der Waals surface area contributed by atoms with Gasteiger partial charge in [0.25, 0.3) is 0 Å². The fourth-order valence-electron chi connectivity index (χ4n) is 8.92. The summed E-state index contributed by atoms with van der Waals surface area (Å²) < 4.78 is 5.96. The van der Waals surface area contributed by atoms with Crippen molar-refractivity contribution in [2.24, 2.45) is 0 Å². The second-order valence-corrected chi connectivity index (χ2v) is 20.4. The van der Waals surface area contributed by atoms with Crippen LogP contribution in [-0.2, 0) is 14.3 Å². The molecule has 0 rings (SSSR count). The third-order valence-corrected chi connectivity index (χ3v) is 13.5. The van der Waals surface area contributed by atoms with Crippen LogP contribution in [0.15, 0.2) is 72.9 Å². The second-order valence-electron chi connectivity index (χ2n) is 20.4. The fraction of sp³-hybridized carbons (Fsp3) is 0.781. The maximum Gasteiger partial charge on any atom is 0.306 e. The van der Waals surface area contributed by atoms with Crippen LogP contribution in [0.5, 0.6) is 0 Å². The average molecular weight is 979 g/mol. The van der Waals surface area contributed by atoms with Crippen LogP contribution in [0, 0.1) is 0 Å². The lowest BCUT2D eigenvalue weighted by molar-refractivity contribution is -0.151. The molecule has 406 valence electrons. The van der Waals surface area contributed by atoms with Crippen LogP contribution >= 0.6 is 0 Å². The molecule has 0 fully saturated rings. The molecule has 0 aromatic heterocycles. The van der Waals surface area contributed by atoms with Gasteiger partial charge in [0.05, 0.1) is 25.2 Å². The first kappa shape index (κ1) is 67.3. The van der Waals surface area contributed by atoms with E-state index in [4.69, 9.17) is 4.74 Å². The third kappa shape index (κ3) is 51.6. The first-order chi connectivity index (χ1) is 34.5. The molecule has 6 nitrogen and oxygen atoms in total. The predicted octanol–water partition coefficient (Wildman–Crippen LogP) is 18.9. The van der Waals surface area contributed by atoms with E-state index >= 15 is 0 Å². The highest BCUT2D eigenvalue weighted by Gasteiger charge is 2.24. The lowest BCUT2D eigenvalue weighted by Gasteiger charge is -2.24. The van der Waals surface area contributed by atoms with Gasteiger partial charge in [-0.15, -0.1) is 0 Å². The fourth-order valence-corrected chi connectivity index (χ4v) is 8.92. The molecule has 3 N–H and O–H groups in total. The van der Waals surface area contributed by atoms with Gasteiger partial charge in [0.15, 0.2) is 0 Å². The van der Waals surface area contributed by atoms with Gasteiger partial charge in [-0.25, -0.2) is 0 Å². The van der Waals surface area contributed by atoms with Gasteiger partial charge in [-0.05, 0) is 103 Å². The maximum absolute atomic E-state index is 13.3. The Hall–Kier alpha value is -2.70. The van der Waals surface area contributed by atoms with Gasteiger partial charge in [-0.1, -0.05) is 254 Å². The predicted molar refractivity (Wildman–Crippen MR) is 305 cm³/mol. The molecule has 1 amide bonds. The number of carbonyl (C=O) groups excluding carboxylic acids is 2. The van der Waals surface area contributed by atoms with E-state index in [9.17, 15) is 19.8 Å². The summed E-state index contributed by atoms with van der Waals surface area (Å²) in [6.45, 7) is 6.45. The molecule has 0 radical (unpaired) electrons. The molecular weight excluding hydrogens is 863 g/mol. The van der Waals surface area contributed by atoms with Gasteiger partial charge < -0.3 is 20.3 Å². The summed E-state index contributed by atoms with van der Waals surface area (Å²) in [5.41, 5.74) is 0. The average Bonchev–Trinajstić information content (AvgIpc) is 3.35. The minimum atomic E-state index is -0.800. The second kappa shape index (κ2) is 57.2. The monoisotopic (exact) mass is 978 g/mol. The number of carbonyl (C=O) groups is 2. The van der Waals surface area contributed by atoms with Crippen LogP contribution < -0.4 is 5.32 Å². The van der Waals surface area contributed by atoms with Crippen LogP contribution in [0.3, 0.4) is 0 Å². The number of aliphatic hydroxyl groups excluding tert-OH is 2. The molecule has 0 aliphatic heterocycles. The summed E-state index contributed by atoms with van der Waals surface area (Å²) in [5.74, 6) is -0.511. The van der Waals surface area contributed by atoms with Crippen molar-refractivity contribution in [3.05, 3.63) is 72.9 Å². The van der Waals surface area contributed by atoms with Gasteiger partial charge in [0.2, 0.25) is 5.91 Å². The number of ether oxygens (including phenoxy) is 1. The topological polar surface area (TPSA) is 95.9 Å². The van der Waals surface area contributed by atoms with Crippen LogP contribution in [0.4, 0.5) is 0 Å². The van der Waals surface area contributed by atoms with Gasteiger partial charge in [0, 0.05) is 6.42 Å². The number of hydrogen-bond donors (Lipinski definition) is 3. The number of rotatable bonds is 54. The molecule has 0 aromatic carbocycles. The van der Waals surface area contributed by atoms with E-state index in [0.717, 1.165) is 96.3 Å². The molecule has 0 spiro atoms. The highest BCUT2D eigenvalue weighted by molar-refractivity contribution is 5.77. The normalized spacial score (nSPS) is 13.6. The Morgan fingerprint density at radius 1 is 0.414 bits per heavy atom. The standard InChI is InChI=1S/C64H115NO5/c1-4-7-10-13-16-19-22-25-28-30-31-33-36-39-42-45-48-51-54-57-64(69)70-60(55-52-49-46-43-40-37-35-32-29-26-23-20-17-14-11-8-5-2)58-63(68)65-61(59-66)62(67)56-53-50-47-44-41-38-34-27-24-21-18-15-12-9-6-3/h16-17,19-20,25-26,28-29,31,33,39,42,60-62,66-67H,4-15,18,21-24,27,30,32,34-38,40-41,43-59H2,1-3H3,(H,65,68)/b19-16-,20-17-,28-25-,29-26-,33-31-,42-39-. The van der Waals surface area contributed by atoms with Crippen molar-refractivity contribution in [1.82, 2.24) is 5.32 Å². The van der Waals surface area contributed by atoms with Gasteiger partial charge in [-0.3, -0.25) is 9.59 Å². The summed E-state index contributed by atoms with van der Waals surface area (Å²) >= 11 is 0. The molecule has 3 unspecified atom stereocenters. The Bertz CT molecular complexity index is 1280. The minimum absolute atomic E-state index is 0.0577. The van der Waals surface area contributed by atoms with Crippen molar-refractivity contribution < 1.29 is 24.5 Å². The summed E-state index contributed by atoms with van der Waals surface area (Å²) in [6.07, 6.45) is 73.9. The number of amides is 1. The van der Waals surface area contributed by atoms with Crippen molar-refractivity contribution in [2.75, 3.05) is 6.61 Å². The van der Waals surface area contributed by atoms with E-state index in [0.29, 0.717) is 19.3 Å². The van der Waals surface area contributed by atoms with E-state index in [1.165, 1.54) is 154 Å². The molecule has 3 atom stereocenters. The zero-order chi connectivity index (χ0) is 50.9. The maximum atomic E-state index is 13.3. The van der Waals surface area contributed by atoms with E-state index < -0.39 is 18.2 Å². The highest BCUT2D eigenvalue weighted by Crippen LogP contribution is 2.18. The van der Waals surface area contributed by atoms with Crippen molar-refractivity contribution in [3.63, 3.8) is 0 Å². The summed E-state index contributed by atoms with van der Waals surface area (Å²) in [6, 6.07) is -0.715. The highest BCUT2D eigenvalue weighted by atomic mass is 16.5. The number of allylic oxidation sites excluding steroid dienone is 12. The molecule has 0 bridgehead atoms. The van der Waals surface area contributed by atoms with Gasteiger partial charge in [0.1, 0.15) is 6.10 Å². The smallest absolute Gasteiger partial charge is 0.306 e. The lowest BCUT2D eigenvalue weighted by atomic mass is 10.0. The van der Waals surface area contributed by atoms with Crippen molar-refractivity contribution in [1.29, 1.82) is 0 Å². The molecular formula is C64H115NO5. The molecule has 6 heteroatoms. The molecule has 0 aliphatic rings. The Labute approximate surface area is 434 Å². The van der Waals surface area contributed by atoms with Crippen LogP contribution in [0.2, 0.25) is 0 Å². The molecule has 0 aromatic rings. The van der Waals surface area contributed by atoms with E-state index in [-0.39, 0.29) is 24.9 Å². The largest absolute Gasteiger partial charge is 0.462 e. The minimum Gasteiger partial charge on any atom is -0.462 e. The SMILES string of the molecule is CCCCC/C=C\C/C=C\C/C=C\C/C=C\CCCCCC(=O)OC(CCCCCCCCC/C=C\C/C=C\CCCCC)CC(=O)NC(CO)C(O)CCCCCCCCCCCCCCCCC. The number of hydrogen-bond acceptors (Lipinski definition) is 5. The van der Waals surface area contributed by atoms with Crippen molar-refractivity contribution >= 4 is 11.9 Å². The van der Waals surface area contributed by atoms with Crippen molar-refractivity contribution in [2.45, 2.75) is 315 Å². The quantitative estimate of drug-likeness (QED) is 0.0321. The third-order valence-electron chi connectivity index (χ3n) is 13.5.